The van der Waals surface area contributed by atoms with Crippen LogP contribution in [0.3, 0.4) is 0 Å². The first-order chi connectivity index (χ1) is 15.7. The summed E-state index contributed by atoms with van der Waals surface area (Å²) >= 11 is 1.45. The normalized spacial score (nSPS) is 30.6. The van der Waals surface area contributed by atoms with Crippen molar-refractivity contribution in [1.29, 1.82) is 0 Å². The number of thiazole rings is 1. The third-order valence-corrected chi connectivity index (χ3v) is 8.93. The maximum atomic E-state index is 12.7. The summed E-state index contributed by atoms with van der Waals surface area (Å²) in [6.07, 6.45) is 10.3. The molecule has 2 amide bonds. The van der Waals surface area contributed by atoms with Gasteiger partial charge in [-0.25, -0.2) is 4.98 Å². The Morgan fingerprint density at radius 1 is 1.30 bits per heavy atom. The predicted molar refractivity (Wildman–Crippen MR) is 130 cm³/mol. The van der Waals surface area contributed by atoms with Gasteiger partial charge in [0.15, 0.2) is 5.13 Å². The standard InChI is InChI=1S/C25H37N3O4S/c1-5-7-8-9-20(31)27-23-28-22-16(13-21(32)26-12-6-2)24(3)11-10-19(30)25(4,15-29)18(24)14-17(22)33-23/h2,16,18-19,29-30H,5,7-15H2,1,3-4H3,(H,26,32)(H,27,28,31)/t16-,18+,19-,24+,25+/m1/s1. The molecule has 0 radical (unpaired) electrons. The number of aromatic nitrogens is 1. The van der Waals surface area contributed by atoms with Crippen LogP contribution in [0.1, 0.15) is 82.2 Å². The number of terminal acetylenes is 1. The van der Waals surface area contributed by atoms with Crippen molar-refractivity contribution >= 4 is 28.3 Å². The van der Waals surface area contributed by atoms with Crippen molar-refractivity contribution in [2.75, 3.05) is 18.5 Å². The average molecular weight is 476 g/mol. The van der Waals surface area contributed by atoms with Crippen molar-refractivity contribution < 1.29 is 19.8 Å². The highest BCUT2D eigenvalue weighted by Crippen LogP contribution is 2.62. The molecule has 1 fully saturated rings. The van der Waals surface area contributed by atoms with Gasteiger partial charge in [-0.2, -0.15) is 0 Å². The first-order valence-electron chi connectivity index (χ1n) is 12.0. The number of nitrogens with one attached hydrogen (secondary N) is 2. The van der Waals surface area contributed by atoms with Gasteiger partial charge < -0.3 is 20.8 Å². The number of amides is 2. The molecule has 2 aliphatic rings. The van der Waals surface area contributed by atoms with Gasteiger partial charge in [0, 0.05) is 29.1 Å². The third kappa shape index (κ3) is 5.11. The highest BCUT2D eigenvalue weighted by Gasteiger charge is 2.59. The molecule has 0 aliphatic heterocycles. The van der Waals surface area contributed by atoms with Crippen molar-refractivity contribution in [3.8, 4) is 12.3 Å². The van der Waals surface area contributed by atoms with E-state index in [-0.39, 0.29) is 48.6 Å². The van der Waals surface area contributed by atoms with E-state index in [0.29, 0.717) is 24.4 Å². The van der Waals surface area contributed by atoms with Crippen LogP contribution in [0, 0.1) is 29.1 Å². The molecule has 1 aromatic heterocycles. The lowest BCUT2D eigenvalue weighted by atomic mass is 9.47. The summed E-state index contributed by atoms with van der Waals surface area (Å²) in [4.78, 5) is 30.9. The smallest absolute Gasteiger partial charge is 0.226 e. The van der Waals surface area contributed by atoms with Gasteiger partial charge in [0.05, 0.1) is 24.9 Å². The molecule has 1 aromatic rings. The predicted octanol–water partition coefficient (Wildman–Crippen LogP) is 3.22. The lowest BCUT2D eigenvalue weighted by Gasteiger charge is -2.58. The molecule has 8 heteroatoms. The summed E-state index contributed by atoms with van der Waals surface area (Å²) in [6.45, 7) is 6.24. The fourth-order valence-corrected chi connectivity index (χ4v) is 6.91. The molecular formula is C25H37N3O4S. The Morgan fingerprint density at radius 3 is 2.73 bits per heavy atom. The van der Waals surface area contributed by atoms with Gasteiger partial charge in [0.1, 0.15) is 0 Å². The van der Waals surface area contributed by atoms with Gasteiger partial charge in [-0.15, -0.1) is 17.8 Å². The Kier molecular flexibility index (Phi) is 8.20. The summed E-state index contributed by atoms with van der Waals surface area (Å²) in [6, 6.07) is 0. The second-order valence-electron chi connectivity index (χ2n) is 10.1. The highest BCUT2D eigenvalue weighted by atomic mass is 32.1. The monoisotopic (exact) mass is 475 g/mol. The number of carbonyl (C=O) groups excluding carboxylic acids is 2. The van der Waals surface area contributed by atoms with Gasteiger partial charge in [0.25, 0.3) is 0 Å². The zero-order chi connectivity index (χ0) is 24.2. The molecule has 0 bridgehead atoms. The topological polar surface area (TPSA) is 112 Å². The number of nitrogens with zero attached hydrogens (tertiary/aromatic N) is 1. The molecule has 0 saturated heterocycles. The van der Waals surface area contributed by atoms with Crippen LogP contribution < -0.4 is 10.6 Å². The van der Waals surface area contributed by atoms with Gasteiger partial charge in [0.2, 0.25) is 11.8 Å². The Bertz CT molecular complexity index is 910. The molecule has 2 aliphatic carbocycles. The molecule has 1 saturated carbocycles. The van der Waals surface area contributed by atoms with Gasteiger partial charge >= 0.3 is 0 Å². The molecule has 3 rings (SSSR count). The number of carbonyl (C=O) groups is 2. The zero-order valence-corrected chi connectivity index (χ0v) is 20.8. The van der Waals surface area contributed by atoms with E-state index < -0.39 is 11.5 Å². The molecule has 5 atom stereocenters. The lowest BCUT2D eigenvalue weighted by molar-refractivity contribution is -0.144. The maximum Gasteiger partial charge on any atom is 0.226 e. The Morgan fingerprint density at radius 2 is 2.06 bits per heavy atom. The number of aliphatic hydroxyl groups excluding tert-OH is 2. The third-order valence-electron chi connectivity index (χ3n) is 7.92. The SMILES string of the molecule is C#CCNC(=O)C[C@@H]1c2nc(NC(=O)CCCCC)sc2C[C@@H]2[C@](C)(CO)[C@H](O)CC[C@]21C. The number of fused-ring (bicyclic) bond motifs is 2. The van der Waals surface area contributed by atoms with Crippen LogP contribution >= 0.6 is 11.3 Å². The largest absolute Gasteiger partial charge is 0.396 e. The molecule has 182 valence electrons. The fraction of sp³-hybridized carbons (Fsp3) is 0.720. The van der Waals surface area contributed by atoms with Crippen LogP contribution in [-0.2, 0) is 16.0 Å². The van der Waals surface area contributed by atoms with Crippen molar-refractivity contribution in [3.05, 3.63) is 10.6 Å². The van der Waals surface area contributed by atoms with Crippen LogP contribution in [0.5, 0.6) is 0 Å². The molecular weight excluding hydrogens is 438 g/mol. The van der Waals surface area contributed by atoms with E-state index in [0.717, 1.165) is 36.3 Å². The average Bonchev–Trinajstić information content (AvgIpc) is 3.18. The van der Waals surface area contributed by atoms with E-state index in [1.165, 1.54) is 11.3 Å². The highest BCUT2D eigenvalue weighted by molar-refractivity contribution is 7.15. The second-order valence-corrected chi connectivity index (χ2v) is 11.1. The van der Waals surface area contributed by atoms with Crippen LogP contribution in [-0.4, -0.2) is 46.3 Å². The summed E-state index contributed by atoms with van der Waals surface area (Å²) in [5, 5.41) is 27.4. The number of hydrogen-bond acceptors (Lipinski definition) is 6. The van der Waals surface area contributed by atoms with Crippen LogP contribution in [0.2, 0.25) is 0 Å². The van der Waals surface area contributed by atoms with E-state index in [1.807, 2.05) is 6.92 Å². The zero-order valence-electron chi connectivity index (χ0n) is 19.9. The number of anilines is 1. The number of aliphatic hydroxyl groups is 2. The summed E-state index contributed by atoms with van der Waals surface area (Å²) < 4.78 is 0. The molecule has 1 heterocycles. The minimum atomic E-state index is -0.675. The van der Waals surface area contributed by atoms with Crippen molar-refractivity contribution in [2.45, 2.75) is 84.2 Å². The summed E-state index contributed by atoms with van der Waals surface area (Å²) in [5.41, 5.74) is -0.144. The van der Waals surface area contributed by atoms with Crippen LogP contribution in [0.25, 0.3) is 0 Å². The molecule has 33 heavy (non-hydrogen) atoms. The van der Waals surface area contributed by atoms with Crippen LogP contribution in [0.15, 0.2) is 0 Å². The van der Waals surface area contributed by atoms with E-state index in [2.05, 4.69) is 30.4 Å². The maximum absolute atomic E-state index is 12.7. The first kappa shape index (κ1) is 25.7. The molecule has 7 nitrogen and oxygen atoms in total. The Hall–Kier alpha value is -1.95. The number of hydrogen-bond donors (Lipinski definition) is 4. The Balaban J connectivity index is 1.94. The molecule has 4 N–H and O–H groups in total. The fourth-order valence-electron chi connectivity index (χ4n) is 5.82. The molecule has 0 aromatic carbocycles. The first-order valence-corrected chi connectivity index (χ1v) is 12.8. The Labute approximate surface area is 200 Å². The minimum absolute atomic E-state index is 0.0229. The molecule has 0 unspecified atom stereocenters. The van der Waals surface area contributed by atoms with Gasteiger partial charge in [-0.3, -0.25) is 9.59 Å². The van der Waals surface area contributed by atoms with Crippen LogP contribution in [0.4, 0.5) is 5.13 Å². The summed E-state index contributed by atoms with van der Waals surface area (Å²) in [5.74, 6) is 2.04. The van der Waals surface area contributed by atoms with Gasteiger partial charge in [-0.1, -0.05) is 39.5 Å². The van der Waals surface area contributed by atoms with Crippen molar-refractivity contribution in [1.82, 2.24) is 10.3 Å². The lowest BCUT2D eigenvalue weighted by Crippen LogP contribution is -2.57. The summed E-state index contributed by atoms with van der Waals surface area (Å²) in [7, 11) is 0. The quantitative estimate of drug-likeness (QED) is 0.324. The van der Waals surface area contributed by atoms with Crippen molar-refractivity contribution in [3.63, 3.8) is 0 Å². The van der Waals surface area contributed by atoms with Crippen molar-refractivity contribution in [2.24, 2.45) is 16.7 Å². The van der Waals surface area contributed by atoms with E-state index in [1.54, 1.807) is 0 Å². The minimum Gasteiger partial charge on any atom is -0.396 e. The van der Waals surface area contributed by atoms with Gasteiger partial charge in [-0.05, 0) is 37.0 Å². The number of rotatable bonds is 9. The number of unbranched alkanes of at least 4 members (excludes halogenated alkanes) is 2. The van der Waals surface area contributed by atoms with E-state index in [9.17, 15) is 19.8 Å². The van der Waals surface area contributed by atoms with E-state index >= 15 is 0 Å². The molecule has 0 spiro atoms. The second kappa shape index (κ2) is 10.5. The van der Waals surface area contributed by atoms with E-state index in [4.69, 9.17) is 11.4 Å².